The number of benzene rings is 1. The van der Waals surface area contributed by atoms with Crippen LogP contribution in [0.25, 0.3) is 6.08 Å². The van der Waals surface area contributed by atoms with Gasteiger partial charge in [-0.05, 0) is 23.8 Å². The van der Waals surface area contributed by atoms with E-state index in [9.17, 15) is 9.59 Å². The molecule has 1 aromatic carbocycles. The van der Waals surface area contributed by atoms with Crippen LogP contribution in [0.4, 0.5) is 0 Å². The number of carbonyl (C=O) groups excluding carboxylic acids is 2. The SMILES string of the molecule is COc1cc(/C=C/C(=O)O[C@@H]2CCOC2=O)cc(OC)c1OC. The minimum Gasteiger partial charge on any atom is -0.493 e. The Morgan fingerprint density at radius 2 is 1.83 bits per heavy atom. The van der Waals surface area contributed by atoms with Gasteiger partial charge in [0.05, 0.1) is 27.9 Å². The molecule has 124 valence electrons. The number of hydrogen-bond acceptors (Lipinski definition) is 7. The van der Waals surface area contributed by atoms with Gasteiger partial charge in [0.15, 0.2) is 11.5 Å². The smallest absolute Gasteiger partial charge is 0.347 e. The molecule has 23 heavy (non-hydrogen) atoms. The molecule has 1 aromatic rings. The molecular weight excluding hydrogens is 304 g/mol. The highest BCUT2D eigenvalue weighted by atomic mass is 16.6. The van der Waals surface area contributed by atoms with Crippen LogP contribution in [0.1, 0.15) is 12.0 Å². The maximum absolute atomic E-state index is 11.7. The summed E-state index contributed by atoms with van der Waals surface area (Å²) in [6.45, 7) is 0.271. The minimum atomic E-state index is -0.827. The summed E-state index contributed by atoms with van der Waals surface area (Å²) in [6.07, 6.45) is 2.31. The summed E-state index contributed by atoms with van der Waals surface area (Å²) in [5.74, 6) is 0.268. The Morgan fingerprint density at radius 1 is 1.17 bits per heavy atom. The second-order valence-corrected chi connectivity index (χ2v) is 4.67. The van der Waals surface area contributed by atoms with Gasteiger partial charge in [-0.15, -0.1) is 0 Å². The summed E-state index contributed by atoms with van der Waals surface area (Å²) >= 11 is 0. The lowest BCUT2D eigenvalue weighted by Crippen LogP contribution is -2.21. The number of hydrogen-bond donors (Lipinski definition) is 0. The van der Waals surface area contributed by atoms with Crippen LogP contribution in [0.2, 0.25) is 0 Å². The fourth-order valence-corrected chi connectivity index (χ4v) is 2.13. The number of esters is 2. The van der Waals surface area contributed by atoms with Gasteiger partial charge in [0.25, 0.3) is 0 Å². The Kier molecular flexibility index (Phi) is 5.46. The van der Waals surface area contributed by atoms with Crippen molar-refractivity contribution < 1.29 is 33.3 Å². The highest BCUT2D eigenvalue weighted by molar-refractivity contribution is 5.90. The molecule has 0 spiro atoms. The van der Waals surface area contributed by atoms with E-state index in [1.807, 2.05) is 0 Å². The van der Waals surface area contributed by atoms with Gasteiger partial charge in [0.1, 0.15) is 0 Å². The van der Waals surface area contributed by atoms with E-state index in [1.54, 1.807) is 12.1 Å². The third-order valence-electron chi connectivity index (χ3n) is 3.24. The number of ether oxygens (including phenoxy) is 5. The van der Waals surface area contributed by atoms with Crippen molar-refractivity contribution in [2.75, 3.05) is 27.9 Å². The average Bonchev–Trinajstić information content (AvgIpc) is 2.96. The highest BCUT2D eigenvalue weighted by Crippen LogP contribution is 2.38. The molecular formula is C16H18O7. The summed E-state index contributed by atoms with van der Waals surface area (Å²) < 4.78 is 25.4. The molecule has 0 amide bonds. The molecule has 1 saturated heterocycles. The van der Waals surface area contributed by atoms with Gasteiger partial charge in [-0.25, -0.2) is 9.59 Å². The topological polar surface area (TPSA) is 80.3 Å². The lowest BCUT2D eigenvalue weighted by molar-refractivity contribution is -0.156. The maximum atomic E-state index is 11.7. The fraction of sp³-hybridized carbons (Fsp3) is 0.375. The van der Waals surface area contributed by atoms with Crippen molar-refractivity contribution in [3.63, 3.8) is 0 Å². The van der Waals surface area contributed by atoms with Crippen molar-refractivity contribution >= 4 is 18.0 Å². The lowest BCUT2D eigenvalue weighted by atomic mass is 10.1. The van der Waals surface area contributed by atoms with Crippen molar-refractivity contribution in [1.29, 1.82) is 0 Å². The molecule has 1 heterocycles. The summed E-state index contributed by atoms with van der Waals surface area (Å²) in [4.78, 5) is 23.0. The molecule has 1 aliphatic heterocycles. The molecule has 1 atom stereocenters. The fourth-order valence-electron chi connectivity index (χ4n) is 2.13. The maximum Gasteiger partial charge on any atom is 0.347 e. The van der Waals surface area contributed by atoms with E-state index < -0.39 is 18.0 Å². The van der Waals surface area contributed by atoms with Gasteiger partial charge in [-0.2, -0.15) is 0 Å². The van der Waals surface area contributed by atoms with Crippen LogP contribution in [0.15, 0.2) is 18.2 Å². The molecule has 1 aliphatic rings. The van der Waals surface area contributed by atoms with Crippen molar-refractivity contribution in [3.05, 3.63) is 23.8 Å². The molecule has 7 nitrogen and oxygen atoms in total. The highest BCUT2D eigenvalue weighted by Gasteiger charge is 2.29. The van der Waals surface area contributed by atoms with Crippen LogP contribution in [0.3, 0.4) is 0 Å². The first-order valence-electron chi connectivity index (χ1n) is 6.94. The number of carbonyl (C=O) groups is 2. The number of cyclic esters (lactones) is 1. The first-order chi connectivity index (χ1) is 11.1. The third-order valence-corrected chi connectivity index (χ3v) is 3.24. The first kappa shape index (κ1) is 16.7. The molecule has 1 fully saturated rings. The molecule has 0 bridgehead atoms. The molecule has 0 aromatic heterocycles. The van der Waals surface area contributed by atoms with Crippen LogP contribution >= 0.6 is 0 Å². The van der Waals surface area contributed by atoms with Crippen LogP contribution < -0.4 is 14.2 Å². The zero-order valence-corrected chi connectivity index (χ0v) is 13.2. The van der Waals surface area contributed by atoms with Gasteiger partial charge in [0, 0.05) is 12.5 Å². The Bertz CT molecular complexity index is 596. The molecule has 0 unspecified atom stereocenters. The molecule has 0 N–H and O–H groups in total. The molecule has 0 radical (unpaired) electrons. The average molecular weight is 322 g/mol. The predicted molar refractivity (Wildman–Crippen MR) is 80.6 cm³/mol. The Labute approximate surface area is 133 Å². The summed E-state index contributed by atoms with van der Waals surface area (Å²) in [5.41, 5.74) is 0.658. The Balaban J connectivity index is 2.12. The van der Waals surface area contributed by atoms with E-state index in [1.165, 1.54) is 33.5 Å². The van der Waals surface area contributed by atoms with E-state index in [0.717, 1.165) is 0 Å². The van der Waals surface area contributed by atoms with E-state index >= 15 is 0 Å². The van der Waals surface area contributed by atoms with Gasteiger partial charge >= 0.3 is 11.9 Å². The third kappa shape index (κ3) is 3.94. The van der Waals surface area contributed by atoms with Crippen LogP contribution in [0.5, 0.6) is 17.2 Å². The Hall–Kier alpha value is -2.70. The predicted octanol–water partition coefficient (Wildman–Crippen LogP) is 1.58. The normalized spacial score (nSPS) is 17.0. The Morgan fingerprint density at radius 3 is 2.30 bits per heavy atom. The zero-order valence-electron chi connectivity index (χ0n) is 13.2. The standard InChI is InChI=1S/C16H18O7/c1-19-12-8-10(9-13(20-2)15(12)21-3)4-5-14(17)23-11-6-7-22-16(11)18/h4-5,8-9,11H,6-7H2,1-3H3/b5-4+/t11-/m1/s1. The van der Waals surface area contributed by atoms with Gasteiger partial charge in [0.2, 0.25) is 11.9 Å². The van der Waals surface area contributed by atoms with Crippen LogP contribution in [0, 0.1) is 0 Å². The van der Waals surface area contributed by atoms with E-state index in [2.05, 4.69) is 0 Å². The van der Waals surface area contributed by atoms with Gasteiger partial charge in [-0.1, -0.05) is 0 Å². The summed E-state index contributed by atoms with van der Waals surface area (Å²) in [5, 5.41) is 0. The van der Waals surface area contributed by atoms with Crippen molar-refractivity contribution in [2.45, 2.75) is 12.5 Å². The van der Waals surface area contributed by atoms with Crippen LogP contribution in [-0.2, 0) is 19.1 Å². The van der Waals surface area contributed by atoms with Gasteiger partial charge in [-0.3, -0.25) is 0 Å². The number of rotatable bonds is 6. The minimum absolute atomic E-state index is 0.271. The zero-order chi connectivity index (χ0) is 16.8. The van der Waals surface area contributed by atoms with E-state index in [-0.39, 0.29) is 6.61 Å². The second kappa shape index (κ2) is 7.53. The molecule has 0 aliphatic carbocycles. The second-order valence-electron chi connectivity index (χ2n) is 4.67. The molecule has 0 saturated carbocycles. The monoisotopic (exact) mass is 322 g/mol. The van der Waals surface area contributed by atoms with Crippen LogP contribution in [-0.4, -0.2) is 46.0 Å². The molecule has 2 rings (SSSR count). The van der Waals surface area contributed by atoms with E-state index in [0.29, 0.717) is 29.2 Å². The largest absolute Gasteiger partial charge is 0.493 e. The molecule has 7 heteroatoms. The van der Waals surface area contributed by atoms with Gasteiger partial charge < -0.3 is 23.7 Å². The van der Waals surface area contributed by atoms with Crippen molar-refractivity contribution in [1.82, 2.24) is 0 Å². The van der Waals surface area contributed by atoms with E-state index in [4.69, 9.17) is 23.7 Å². The quantitative estimate of drug-likeness (QED) is 0.581. The summed E-state index contributed by atoms with van der Waals surface area (Å²) in [6, 6.07) is 3.38. The lowest BCUT2D eigenvalue weighted by Gasteiger charge is -2.12. The first-order valence-corrected chi connectivity index (χ1v) is 6.94. The van der Waals surface area contributed by atoms with Crippen molar-refractivity contribution in [2.24, 2.45) is 0 Å². The summed E-state index contributed by atoms with van der Waals surface area (Å²) in [7, 11) is 4.52. The van der Waals surface area contributed by atoms with Crippen molar-refractivity contribution in [3.8, 4) is 17.2 Å². The number of methoxy groups -OCH3 is 3.